The molecular formula is C15H20O3. The van der Waals surface area contributed by atoms with Crippen LogP contribution in [0.1, 0.15) is 42.6 Å². The van der Waals surface area contributed by atoms with Crippen LogP contribution < -0.4 is 0 Å². The molecule has 0 saturated heterocycles. The Balaban J connectivity index is 2.85. The number of benzene rings is 1. The molecule has 0 heterocycles. The molecule has 1 atom stereocenters. The zero-order chi connectivity index (χ0) is 13.5. The Labute approximate surface area is 108 Å². The van der Waals surface area contributed by atoms with Crippen LogP contribution in [0.5, 0.6) is 0 Å². The van der Waals surface area contributed by atoms with Gasteiger partial charge in [0, 0.05) is 5.56 Å². The van der Waals surface area contributed by atoms with E-state index < -0.39 is 11.9 Å². The number of ketones is 1. The van der Waals surface area contributed by atoms with Crippen molar-refractivity contribution >= 4 is 11.8 Å². The Morgan fingerprint density at radius 3 is 2.22 bits per heavy atom. The average Bonchev–Trinajstić information content (AvgIpc) is 2.40. The summed E-state index contributed by atoms with van der Waals surface area (Å²) in [7, 11) is 1.31. The molecule has 18 heavy (non-hydrogen) atoms. The standard InChI is InChI=1S/C15H20O3/c1-4-6-11-7-9-12(10-8-11)14(16)13(5-2)15(17)18-3/h7-10,13H,4-6H2,1-3H3. The number of aryl methyl sites for hydroxylation is 1. The summed E-state index contributed by atoms with van der Waals surface area (Å²) in [5.74, 6) is -1.31. The topological polar surface area (TPSA) is 43.4 Å². The molecule has 1 aromatic rings. The fraction of sp³-hybridized carbons (Fsp3) is 0.467. The van der Waals surface area contributed by atoms with Crippen LogP contribution in [0, 0.1) is 5.92 Å². The van der Waals surface area contributed by atoms with E-state index in [1.807, 2.05) is 19.1 Å². The molecule has 0 saturated carbocycles. The number of carbonyl (C=O) groups is 2. The van der Waals surface area contributed by atoms with Crippen molar-refractivity contribution in [3.8, 4) is 0 Å². The van der Waals surface area contributed by atoms with Crippen LogP contribution in [-0.2, 0) is 16.0 Å². The Hall–Kier alpha value is -1.64. The summed E-state index contributed by atoms with van der Waals surface area (Å²) in [4.78, 5) is 23.6. The molecule has 98 valence electrons. The van der Waals surface area contributed by atoms with Gasteiger partial charge in [-0.2, -0.15) is 0 Å². The van der Waals surface area contributed by atoms with E-state index in [-0.39, 0.29) is 5.78 Å². The van der Waals surface area contributed by atoms with Crippen LogP contribution in [0.15, 0.2) is 24.3 Å². The monoisotopic (exact) mass is 248 g/mol. The van der Waals surface area contributed by atoms with Crippen molar-refractivity contribution in [3.05, 3.63) is 35.4 Å². The van der Waals surface area contributed by atoms with Crippen molar-refractivity contribution in [1.82, 2.24) is 0 Å². The van der Waals surface area contributed by atoms with Gasteiger partial charge in [0.2, 0.25) is 0 Å². The molecule has 0 amide bonds. The van der Waals surface area contributed by atoms with Gasteiger partial charge in [0.05, 0.1) is 7.11 Å². The summed E-state index contributed by atoms with van der Waals surface area (Å²) in [5, 5.41) is 0. The van der Waals surface area contributed by atoms with E-state index in [2.05, 4.69) is 11.7 Å². The fourth-order valence-electron chi connectivity index (χ4n) is 1.93. The maximum absolute atomic E-state index is 12.1. The van der Waals surface area contributed by atoms with Crippen molar-refractivity contribution in [1.29, 1.82) is 0 Å². The van der Waals surface area contributed by atoms with E-state index >= 15 is 0 Å². The number of hydrogen-bond donors (Lipinski definition) is 0. The van der Waals surface area contributed by atoms with Crippen LogP contribution in [0.2, 0.25) is 0 Å². The minimum absolute atomic E-state index is 0.160. The largest absolute Gasteiger partial charge is 0.468 e. The van der Waals surface area contributed by atoms with E-state index in [0.717, 1.165) is 12.8 Å². The van der Waals surface area contributed by atoms with E-state index in [1.54, 1.807) is 12.1 Å². The van der Waals surface area contributed by atoms with Gasteiger partial charge in [-0.25, -0.2) is 0 Å². The quantitative estimate of drug-likeness (QED) is 0.441. The van der Waals surface area contributed by atoms with Gasteiger partial charge in [0.25, 0.3) is 0 Å². The summed E-state index contributed by atoms with van der Waals surface area (Å²) in [6, 6.07) is 7.47. The summed E-state index contributed by atoms with van der Waals surface area (Å²) in [6.07, 6.45) is 2.54. The number of esters is 1. The lowest BCUT2D eigenvalue weighted by molar-refractivity contribution is -0.143. The molecule has 0 aliphatic heterocycles. The van der Waals surface area contributed by atoms with Gasteiger partial charge >= 0.3 is 5.97 Å². The van der Waals surface area contributed by atoms with Crippen molar-refractivity contribution in [3.63, 3.8) is 0 Å². The number of rotatable bonds is 6. The summed E-state index contributed by atoms with van der Waals surface area (Å²) in [6.45, 7) is 3.92. The van der Waals surface area contributed by atoms with Crippen molar-refractivity contribution < 1.29 is 14.3 Å². The average molecular weight is 248 g/mol. The SMILES string of the molecule is CCCc1ccc(C(=O)C(CC)C(=O)OC)cc1. The molecule has 0 aliphatic rings. The molecule has 0 aromatic heterocycles. The third-order valence-electron chi connectivity index (χ3n) is 2.99. The second kappa shape index (κ2) is 6.94. The Bertz CT molecular complexity index is 406. The van der Waals surface area contributed by atoms with Gasteiger partial charge in [-0.1, -0.05) is 44.5 Å². The van der Waals surface area contributed by atoms with Crippen molar-refractivity contribution in [2.45, 2.75) is 33.1 Å². The Kier molecular flexibility index (Phi) is 5.56. The van der Waals surface area contributed by atoms with Gasteiger partial charge in [-0.3, -0.25) is 9.59 Å². The predicted octanol–water partition coefficient (Wildman–Crippen LogP) is 3.02. The Morgan fingerprint density at radius 2 is 1.78 bits per heavy atom. The molecule has 1 unspecified atom stereocenters. The van der Waals surface area contributed by atoms with Gasteiger partial charge in [0.1, 0.15) is 5.92 Å². The predicted molar refractivity (Wildman–Crippen MR) is 70.6 cm³/mol. The smallest absolute Gasteiger partial charge is 0.316 e. The third kappa shape index (κ3) is 3.42. The molecule has 1 aromatic carbocycles. The highest BCUT2D eigenvalue weighted by molar-refractivity contribution is 6.08. The molecule has 0 aliphatic carbocycles. The molecule has 1 rings (SSSR count). The number of methoxy groups -OCH3 is 1. The van der Waals surface area contributed by atoms with Crippen LogP contribution in [0.4, 0.5) is 0 Å². The fourth-order valence-corrected chi connectivity index (χ4v) is 1.93. The van der Waals surface area contributed by atoms with Crippen LogP contribution in [0.3, 0.4) is 0 Å². The highest BCUT2D eigenvalue weighted by Crippen LogP contribution is 2.15. The van der Waals surface area contributed by atoms with Crippen molar-refractivity contribution in [2.24, 2.45) is 5.92 Å². The van der Waals surface area contributed by atoms with Gasteiger partial charge in [-0.15, -0.1) is 0 Å². The molecule has 0 N–H and O–H groups in total. The lowest BCUT2D eigenvalue weighted by atomic mass is 9.94. The maximum Gasteiger partial charge on any atom is 0.316 e. The van der Waals surface area contributed by atoms with Gasteiger partial charge < -0.3 is 4.74 Å². The maximum atomic E-state index is 12.1. The third-order valence-corrected chi connectivity index (χ3v) is 2.99. The first-order chi connectivity index (χ1) is 8.63. The molecule has 3 heteroatoms. The minimum Gasteiger partial charge on any atom is -0.468 e. The van der Waals surface area contributed by atoms with E-state index in [0.29, 0.717) is 12.0 Å². The zero-order valence-electron chi connectivity index (χ0n) is 11.2. The molecule has 0 fully saturated rings. The van der Waals surface area contributed by atoms with Gasteiger partial charge in [-0.05, 0) is 18.4 Å². The number of Topliss-reactive ketones (excluding diaryl/α,β-unsaturated/α-hetero) is 1. The minimum atomic E-state index is -0.688. The van der Waals surface area contributed by atoms with E-state index in [1.165, 1.54) is 12.7 Å². The molecule has 0 radical (unpaired) electrons. The first-order valence-corrected chi connectivity index (χ1v) is 6.35. The lowest BCUT2D eigenvalue weighted by Crippen LogP contribution is -2.24. The lowest BCUT2D eigenvalue weighted by Gasteiger charge is -2.11. The highest BCUT2D eigenvalue weighted by Gasteiger charge is 2.26. The van der Waals surface area contributed by atoms with E-state index in [9.17, 15) is 9.59 Å². The first-order valence-electron chi connectivity index (χ1n) is 6.35. The second-order valence-corrected chi connectivity index (χ2v) is 4.30. The highest BCUT2D eigenvalue weighted by atomic mass is 16.5. The van der Waals surface area contributed by atoms with Gasteiger partial charge in [0.15, 0.2) is 5.78 Å². The normalized spacial score (nSPS) is 11.9. The van der Waals surface area contributed by atoms with Crippen LogP contribution >= 0.6 is 0 Å². The molecule has 0 bridgehead atoms. The molecule has 0 spiro atoms. The molecule has 3 nitrogen and oxygen atoms in total. The zero-order valence-corrected chi connectivity index (χ0v) is 11.2. The summed E-state index contributed by atoms with van der Waals surface area (Å²) >= 11 is 0. The van der Waals surface area contributed by atoms with Crippen LogP contribution in [0.25, 0.3) is 0 Å². The van der Waals surface area contributed by atoms with E-state index in [4.69, 9.17) is 0 Å². The van der Waals surface area contributed by atoms with Crippen LogP contribution in [-0.4, -0.2) is 18.9 Å². The summed E-state index contributed by atoms with van der Waals surface area (Å²) in [5.41, 5.74) is 1.78. The Morgan fingerprint density at radius 1 is 1.17 bits per heavy atom. The molecular weight excluding hydrogens is 228 g/mol. The number of hydrogen-bond acceptors (Lipinski definition) is 3. The second-order valence-electron chi connectivity index (χ2n) is 4.30. The number of carbonyl (C=O) groups excluding carboxylic acids is 2. The van der Waals surface area contributed by atoms with Crippen molar-refractivity contribution in [2.75, 3.05) is 7.11 Å². The number of ether oxygens (including phenoxy) is 1. The first kappa shape index (κ1) is 14.4. The summed E-state index contributed by atoms with van der Waals surface area (Å²) < 4.78 is 4.65.